The molecule has 0 aliphatic rings. The number of aryl methyl sites for hydroxylation is 1. The van der Waals surface area contributed by atoms with Crippen molar-refractivity contribution in [3.63, 3.8) is 0 Å². The monoisotopic (exact) mass is 299 g/mol. The maximum absolute atomic E-state index is 12.9. The van der Waals surface area contributed by atoms with Crippen LogP contribution >= 0.6 is 11.3 Å². The van der Waals surface area contributed by atoms with Crippen LogP contribution in [0.2, 0.25) is 0 Å². The molecule has 21 heavy (non-hydrogen) atoms. The smallest absolute Gasteiger partial charge is 0.276 e. The number of aromatic nitrogens is 2. The van der Waals surface area contributed by atoms with Crippen molar-refractivity contribution >= 4 is 21.6 Å². The van der Waals surface area contributed by atoms with Crippen LogP contribution in [0.5, 0.6) is 0 Å². The molecule has 1 unspecified atom stereocenters. The Morgan fingerprint density at radius 1 is 1.33 bits per heavy atom. The summed E-state index contributed by atoms with van der Waals surface area (Å²) in [5, 5.41) is 1.89. The number of thiophene rings is 1. The third kappa shape index (κ3) is 2.28. The van der Waals surface area contributed by atoms with E-state index in [9.17, 15) is 4.79 Å². The fourth-order valence-corrected chi connectivity index (χ4v) is 3.17. The number of nitrogens with two attached hydrogens (primary N) is 1. The minimum atomic E-state index is -0.262. The Kier molecular flexibility index (Phi) is 3.61. The summed E-state index contributed by atoms with van der Waals surface area (Å²) in [6.07, 6.45) is 0.730. The number of fused-ring (bicyclic) bond motifs is 1. The van der Waals surface area contributed by atoms with Gasteiger partial charge < -0.3 is 5.73 Å². The second kappa shape index (κ2) is 5.42. The van der Waals surface area contributed by atoms with Crippen molar-refractivity contribution in [2.75, 3.05) is 0 Å². The molecule has 0 bridgehead atoms. The quantitative estimate of drug-likeness (QED) is 0.808. The first-order valence-electron chi connectivity index (χ1n) is 6.95. The molecule has 2 aromatic heterocycles. The molecular formula is C16H17N3OS. The summed E-state index contributed by atoms with van der Waals surface area (Å²) in [7, 11) is 0. The summed E-state index contributed by atoms with van der Waals surface area (Å²) < 4.78 is 2.34. The predicted molar refractivity (Wildman–Crippen MR) is 87.2 cm³/mol. The van der Waals surface area contributed by atoms with Crippen LogP contribution in [0.1, 0.15) is 30.8 Å². The van der Waals surface area contributed by atoms with Crippen molar-refractivity contribution in [1.29, 1.82) is 0 Å². The number of hydrogen-bond donors (Lipinski definition) is 1. The van der Waals surface area contributed by atoms with Gasteiger partial charge in [0, 0.05) is 0 Å². The average Bonchev–Trinajstić information content (AvgIpc) is 2.96. The van der Waals surface area contributed by atoms with E-state index in [2.05, 4.69) is 4.98 Å². The van der Waals surface area contributed by atoms with Crippen LogP contribution < -0.4 is 11.3 Å². The predicted octanol–water partition coefficient (Wildman–Crippen LogP) is 3.17. The molecular weight excluding hydrogens is 282 g/mol. The Morgan fingerprint density at radius 3 is 2.81 bits per heavy atom. The SMILES string of the molecule is CCC(N)c1nc2ccsc2c(=O)n1-c1ccccc1C. The fraction of sp³-hybridized carbons (Fsp3) is 0.250. The third-order valence-corrected chi connectivity index (χ3v) is 4.53. The number of rotatable bonds is 3. The van der Waals surface area contributed by atoms with Gasteiger partial charge in [-0.1, -0.05) is 25.1 Å². The molecule has 3 aromatic rings. The fourth-order valence-electron chi connectivity index (χ4n) is 2.41. The van der Waals surface area contributed by atoms with Crippen LogP contribution in [0, 0.1) is 6.92 Å². The van der Waals surface area contributed by atoms with Crippen molar-refractivity contribution in [1.82, 2.24) is 9.55 Å². The van der Waals surface area contributed by atoms with Gasteiger partial charge in [-0.05, 0) is 36.4 Å². The first-order valence-corrected chi connectivity index (χ1v) is 7.83. The molecule has 3 rings (SSSR count). The van der Waals surface area contributed by atoms with E-state index >= 15 is 0 Å². The van der Waals surface area contributed by atoms with E-state index < -0.39 is 0 Å². The van der Waals surface area contributed by atoms with Gasteiger partial charge in [0.1, 0.15) is 10.5 Å². The Labute approximate surface area is 126 Å². The van der Waals surface area contributed by atoms with Gasteiger partial charge >= 0.3 is 0 Å². The molecule has 2 heterocycles. The summed E-state index contributed by atoms with van der Waals surface area (Å²) in [4.78, 5) is 17.5. The Balaban J connectivity index is 2.41. The van der Waals surface area contributed by atoms with E-state index in [-0.39, 0.29) is 11.6 Å². The van der Waals surface area contributed by atoms with E-state index in [1.165, 1.54) is 11.3 Å². The van der Waals surface area contributed by atoms with Crippen molar-refractivity contribution in [2.24, 2.45) is 5.73 Å². The first-order chi connectivity index (χ1) is 10.1. The van der Waals surface area contributed by atoms with Crippen molar-refractivity contribution in [2.45, 2.75) is 26.3 Å². The van der Waals surface area contributed by atoms with Crippen LogP contribution in [-0.2, 0) is 0 Å². The molecule has 4 nitrogen and oxygen atoms in total. The maximum Gasteiger partial charge on any atom is 0.276 e. The molecule has 0 saturated heterocycles. The zero-order valence-corrected chi connectivity index (χ0v) is 12.9. The van der Waals surface area contributed by atoms with Gasteiger partial charge in [-0.15, -0.1) is 11.3 Å². The number of nitrogens with zero attached hydrogens (tertiary/aromatic N) is 2. The summed E-state index contributed by atoms with van der Waals surface area (Å²) in [6, 6.07) is 9.41. The lowest BCUT2D eigenvalue weighted by molar-refractivity contribution is 0.622. The van der Waals surface area contributed by atoms with Crippen molar-refractivity contribution in [3.8, 4) is 5.69 Å². The Bertz CT molecular complexity index is 850. The largest absolute Gasteiger partial charge is 0.321 e. The van der Waals surface area contributed by atoms with Crippen LogP contribution in [0.3, 0.4) is 0 Å². The molecule has 0 fully saturated rings. The van der Waals surface area contributed by atoms with Gasteiger partial charge in [0.2, 0.25) is 0 Å². The molecule has 0 saturated carbocycles. The zero-order valence-electron chi connectivity index (χ0n) is 12.0. The summed E-state index contributed by atoms with van der Waals surface area (Å²) in [6.45, 7) is 3.98. The molecule has 0 aliphatic heterocycles. The van der Waals surface area contributed by atoms with Gasteiger partial charge in [-0.2, -0.15) is 0 Å². The highest BCUT2D eigenvalue weighted by Gasteiger charge is 2.18. The van der Waals surface area contributed by atoms with Crippen LogP contribution in [0.25, 0.3) is 15.9 Å². The first kappa shape index (κ1) is 14.0. The normalized spacial score (nSPS) is 12.7. The Hall–Kier alpha value is -1.98. The number of para-hydroxylation sites is 1. The summed E-state index contributed by atoms with van der Waals surface area (Å²) in [5.74, 6) is 0.628. The molecule has 108 valence electrons. The molecule has 5 heteroatoms. The molecule has 0 amide bonds. The molecule has 0 aliphatic carbocycles. The van der Waals surface area contributed by atoms with Gasteiger partial charge in [0.05, 0.1) is 17.2 Å². The highest BCUT2D eigenvalue weighted by atomic mass is 32.1. The minimum absolute atomic E-state index is 0.0387. The zero-order chi connectivity index (χ0) is 15.0. The van der Waals surface area contributed by atoms with E-state index in [1.54, 1.807) is 4.57 Å². The van der Waals surface area contributed by atoms with E-state index in [0.717, 1.165) is 23.2 Å². The maximum atomic E-state index is 12.9. The number of hydrogen-bond acceptors (Lipinski definition) is 4. The second-order valence-corrected chi connectivity index (χ2v) is 5.96. The lowest BCUT2D eigenvalue weighted by Gasteiger charge is -2.18. The van der Waals surface area contributed by atoms with Crippen LogP contribution in [0.15, 0.2) is 40.5 Å². The van der Waals surface area contributed by atoms with Gasteiger partial charge in [0.25, 0.3) is 5.56 Å². The van der Waals surface area contributed by atoms with E-state index in [1.807, 2.05) is 49.6 Å². The standard InChI is InChI=1S/C16H17N3OS/c1-3-11(17)15-18-12-8-9-21-14(12)16(20)19(15)13-7-5-4-6-10(13)2/h4-9,11H,3,17H2,1-2H3. The molecule has 2 N–H and O–H groups in total. The van der Waals surface area contributed by atoms with Crippen LogP contribution in [0.4, 0.5) is 0 Å². The minimum Gasteiger partial charge on any atom is -0.321 e. The highest BCUT2D eigenvalue weighted by molar-refractivity contribution is 7.17. The van der Waals surface area contributed by atoms with Gasteiger partial charge in [-0.25, -0.2) is 4.98 Å². The third-order valence-electron chi connectivity index (χ3n) is 3.63. The van der Waals surface area contributed by atoms with E-state index in [4.69, 9.17) is 5.73 Å². The van der Waals surface area contributed by atoms with E-state index in [0.29, 0.717) is 10.5 Å². The molecule has 1 aromatic carbocycles. The number of benzene rings is 1. The summed E-state index contributed by atoms with van der Waals surface area (Å²) >= 11 is 1.42. The molecule has 1 atom stereocenters. The lowest BCUT2D eigenvalue weighted by atomic mass is 10.1. The molecule has 0 spiro atoms. The average molecular weight is 299 g/mol. The van der Waals surface area contributed by atoms with Crippen molar-refractivity contribution < 1.29 is 0 Å². The molecule has 0 radical (unpaired) electrons. The second-order valence-electron chi connectivity index (χ2n) is 5.05. The Morgan fingerprint density at radius 2 is 2.10 bits per heavy atom. The summed E-state index contributed by atoms with van der Waals surface area (Å²) in [5.41, 5.74) is 8.76. The van der Waals surface area contributed by atoms with Crippen molar-refractivity contribution in [3.05, 3.63) is 57.5 Å². The van der Waals surface area contributed by atoms with Gasteiger partial charge in [0.15, 0.2) is 0 Å². The topological polar surface area (TPSA) is 60.9 Å². The van der Waals surface area contributed by atoms with Gasteiger partial charge in [-0.3, -0.25) is 9.36 Å². The lowest BCUT2D eigenvalue weighted by Crippen LogP contribution is -2.28. The highest BCUT2D eigenvalue weighted by Crippen LogP contribution is 2.22. The van der Waals surface area contributed by atoms with Crippen LogP contribution in [-0.4, -0.2) is 9.55 Å².